The minimum Gasteiger partial charge on any atom is -0.497 e. The SMILES string of the molecule is COc1ccc(N)c(Oc2ncnc3c2cnn3C)c1. The molecule has 2 N–H and O–H groups in total. The monoisotopic (exact) mass is 271 g/mol. The molecule has 3 rings (SSSR count). The summed E-state index contributed by atoms with van der Waals surface area (Å²) in [6.45, 7) is 0. The van der Waals surface area contributed by atoms with E-state index in [4.69, 9.17) is 15.2 Å². The number of ether oxygens (including phenoxy) is 2. The first-order valence-corrected chi connectivity index (χ1v) is 5.93. The molecule has 0 fully saturated rings. The lowest BCUT2D eigenvalue weighted by Crippen LogP contribution is -1.97. The highest BCUT2D eigenvalue weighted by Gasteiger charge is 2.11. The molecule has 0 aliphatic rings. The molecule has 0 bridgehead atoms. The predicted octanol–water partition coefficient (Wildman–Crippen LogP) is 1.75. The quantitative estimate of drug-likeness (QED) is 0.730. The van der Waals surface area contributed by atoms with Crippen molar-refractivity contribution in [1.29, 1.82) is 0 Å². The number of rotatable bonds is 3. The van der Waals surface area contributed by atoms with Crippen molar-refractivity contribution < 1.29 is 9.47 Å². The summed E-state index contributed by atoms with van der Waals surface area (Å²) in [6, 6.07) is 5.19. The Morgan fingerprint density at radius 3 is 2.90 bits per heavy atom. The number of aromatic nitrogens is 4. The Balaban J connectivity index is 2.05. The van der Waals surface area contributed by atoms with E-state index in [9.17, 15) is 0 Å². The predicted molar refractivity (Wildman–Crippen MR) is 73.8 cm³/mol. The smallest absolute Gasteiger partial charge is 0.233 e. The summed E-state index contributed by atoms with van der Waals surface area (Å²) in [5.41, 5.74) is 7.09. The molecule has 0 saturated heterocycles. The average Bonchev–Trinajstić information content (AvgIpc) is 2.84. The van der Waals surface area contributed by atoms with Gasteiger partial charge in [0, 0.05) is 13.1 Å². The summed E-state index contributed by atoms with van der Waals surface area (Å²) >= 11 is 0. The molecule has 0 atom stereocenters. The highest BCUT2D eigenvalue weighted by Crippen LogP contribution is 2.32. The molecule has 0 unspecified atom stereocenters. The van der Waals surface area contributed by atoms with E-state index in [1.165, 1.54) is 6.33 Å². The largest absolute Gasteiger partial charge is 0.497 e. The second-order valence-electron chi connectivity index (χ2n) is 4.19. The number of benzene rings is 1. The first kappa shape index (κ1) is 12.2. The van der Waals surface area contributed by atoms with Gasteiger partial charge in [-0.3, -0.25) is 4.68 Å². The van der Waals surface area contributed by atoms with Gasteiger partial charge in [-0.25, -0.2) is 9.97 Å². The van der Waals surface area contributed by atoms with Crippen LogP contribution in [-0.2, 0) is 7.05 Å². The van der Waals surface area contributed by atoms with Crippen LogP contribution >= 0.6 is 0 Å². The fraction of sp³-hybridized carbons (Fsp3) is 0.154. The Hall–Kier alpha value is -2.83. The highest BCUT2D eigenvalue weighted by molar-refractivity contribution is 5.80. The summed E-state index contributed by atoms with van der Waals surface area (Å²) in [5, 5.41) is 4.85. The second-order valence-corrected chi connectivity index (χ2v) is 4.19. The van der Waals surface area contributed by atoms with Crippen molar-refractivity contribution >= 4 is 16.7 Å². The minimum absolute atomic E-state index is 0.406. The van der Waals surface area contributed by atoms with Gasteiger partial charge in [0.15, 0.2) is 11.4 Å². The van der Waals surface area contributed by atoms with E-state index in [0.717, 1.165) is 5.39 Å². The van der Waals surface area contributed by atoms with Crippen LogP contribution in [0.15, 0.2) is 30.7 Å². The molecule has 2 heterocycles. The molecule has 102 valence electrons. The van der Waals surface area contributed by atoms with Gasteiger partial charge in [-0.2, -0.15) is 5.10 Å². The standard InChI is InChI=1S/C13H13N5O2/c1-18-12-9(6-17-18)13(16-7-15-12)20-11-5-8(19-2)3-4-10(11)14/h3-7H,14H2,1-2H3. The third-order valence-electron chi connectivity index (χ3n) is 2.92. The van der Waals surface area contributed by atoms with Crippen molar-refractivity contribution in [3.05, 3.63) is 30.7 Å². The van der Waals surface area contributed by atoms with Crippen molar-refractivity contribution in [1.82, 2.24) is 19.7 Å². The first-order chi connectivity index (χ1) is 9.69. The maximum Gasteiger partial charge on any atom is 0.233 e. The number of fused-ring (bicyclic) bond motifs is 1. The molecule has 0 radical (unpaired) electrons. The normalized spacial score (nSPS) is 10.7. The van der Waals surface area contributed by atoms with Crippen LogP contribution in [0, 0.1) is 0 Å². The maximum atomic E-state index is 5.90. The average molecular weight is 271 g/mol. The van der Waals surface area contributed by atoms with E-state index < -0.39 is 0 Å². The molecular formula is C13H13N5O2. The molecule has 0 aliphatic heterocycles. The Labute approximate surface area is 115 Å². The lowest BCUT2D eigenvalue weighted by molar-refractivity contribution is 0.408. The van der Waals surface area contributed by atoms with Crippen molar-refractivity contribution in [3.8, 4) is 17.4 Å². The Kier molecular flexibility index (Phi) is 2.86. The lowest BCUT2D eigenvalue weighted by atomic mass is 10.3. The molecule has 7 heteroatoms. The zero-order valence-corrected chi connectivity index (χ0v) is 11.1. The number of aryl methyl sites for hydroxylation is 1. The zero-order chi connectivity index (χ0) is 14.1. The van der Waals surface area contributed by atoms with Gasteiger partial charge < -0.3 is 15.2 Å². The molecule has 3 aromatic rings. The summed E-state index contributed by atoms with van der Waals surface area (Å²) in [5.74, 6) is 1.54. The molecule has 7 nitrogen and oxygen atoms in total. The van der Waals surface area contributed by atoms with E-state index >= 15 is 0 Å². The number of nitrogens with two attached hydrogens (primary N) is 1. The van der Waals surface area contributed by atoms with Crippen LogP contribution in [0.5, 0.6) is 17.4 Å². The molecule has 2 aromatic heterocycles. The zero-order valence-electron chi connectivity index (χ0n) is 11.1. The van der Waals surface area contributed by atoms with Crippen LogP contribution in [-0.4, -0.2) is 26.9 Å². The number of hydrogen-bond acceptors (Lipinski definition) is 6. The second kappa shape index (κ2) is 4.69. The summed E-state index contributed by atoms with van der Waals surface area (Å²) < 4.78 is 12.6. The van der Waals surface area contributed by atoms with Crippen molar-refractivity contribution in [2.24, 2.45) is 7.05 Å². The van der Waals surface area contributed by atoms with E-state index in [1.807, 2.05) is 0 Å². The van der Waals surface area contributed by atoms with E-state index in [-0.39, 0.29) is 0 Å². The number of hydrogen-bond donors (Lipinski definition) is 1. The van der Waals surface area contributed by atoms with Gasteiger partial charge in [0.05, 0.1) is 19.0 Å². The molecule has 0 aliphatic carbocycles. The number of nitrogens with zero attached hydrogens (tertiary/aromatic N) is 4. The fourth-order valence-corrected chi connectivity index (χ4v) is 1.86. The summed E-state index contributed by atoms with van der Waals surface area (Å²) in [4.78, 5) is 8.28. The van der Waals surface area contributed by atoms with Crippen LogP contribution in [0.25, 0.3) is 11.0 Å². The van der Waals surface area contributed by atoms with E-state index in [0.29, 0.717) is 28.7 Å². The minimum atomic E-state index is 0.406. The number of methoxy groups -OCH3 is 1. The molecule has 0 spiro atoms. The molecule has 0 amide bonds. The van der Waals surface area contributed by atoms with Gasteiger partial charge in [0.2, 0.25) is 5.88 Å². The number of nitrogen functional groups attached to an aromatic ring is 1. The van der Waals surface area contributed by atoms with Crippen molar-refractivity contribution in [2.45, 2.75) is 0 Å². The van der Waals surface area contributed by atoms with Crippen LogP contribution in [0.3, 0.4) is 0 Å². The fourth-order valence-electron chi connectivity index (χ4n) is 1.86. The van der Waals surface area contributed by atoms with Crippen LogP contribution in [0.4, 0.5) is 5.69 Å². The Morgan fingerprint density at radius 1 is 1.25 bits per heavy atom. The van der Waals surface area contributed by atoms with Gasteiger partial charge in [-0.05, 0) is 12.1 Å². The Morgan fingerprint density at radius 2 is 2.10 bits per heavy atom. The van der Waals surface area contributed by atoms with E-state index in [2.05, 4.69) is 15.1 Å². The van der Waals surface area contributed by atoms with Gasteiger partial charge in [0.25, 0.3) is 0 Å². The first-order valence-electron chi connectivity index (χ1n) is 5.93. The highest BCUT2D eigenvalue weighted by atomic mass is 16.5. The molecule has 1 aromatic carbocycles. The Bertz CT molecular complexity index is 769. The van der Waals surface area contributed by atoms with Gasteiger partial charge in [-0.15, -0.1) is 0 Å². The van der Waals surface area contributed by atoms with Gasteiger partial charge >= 0.3 is 0 Å². The lowest BCUT2D eigenvalue weighted by Gasteiger charge is -2.09. The van der Waals surface area contributed by atoms with Crippen LogP contribution in [0.2, 0.25) is 0 Å². The molecular weight excluding hydrogens is 258 g/mol. The molecule has 20 heavy (non-hydrogen) atoms. The summed E-state index contributed by atoms with van der Waals surface area (Å²) in [7, 11) is 3.39. The van der Waals surface area contributed by atoms with Crippen LogP contribution < -0.4 is 15.2 Å². The third-order valence-corrected chi connectivity index (χ3v) is 2.92. The third kappa shape index (κ3) is 1.99. The molecule has 0 saturated carbocycles. The maximum absolute atomic E-state index is 5.90. The van der Waals surface area contributed by atoms with E-state index in [1.54, 1.807) is 43.2 Å². The number of anilines is 1. The summed E-state index contributed by atoms with van der Waals surface area (Å²) in [6.07, 6.45) is 3.08. The van der Waals surface area contributed by atoms with Gasteiger partial charge in [-0.1, -0.05) is 0 Å². The van der Waals surface area contributed by atoms with Crippen LogP contribution in [0.1, 0.15) is 0 Å². The van der Waals surface area contributed by atoms with Gasteiger partial charge in [0.1, 0.15) is 17.5 Å². The van der Waals surface area contributed by atoms with Crippen molar-refractivity contribution in [2.75, 3.05) is 12.8 Å². The van der Waals surface area contributed by atoms with Crippen molar-refractivity contribution in [3.63, 3.8) is 0 Å². The topological polar surface area (TPSA) is 88.1 Å².